The Morgan fingerprint density at radius 1 is 1.32 bits per heavy atom. The van der Waals surface area contributed by atoms with Gasteiger partial charge in [-0.05, 0) is 43.2 Å². The SMILES string of the molecule is CC(C)CCC1CCCN1C(=O)Cc1ccccc1C(=O)O. The average Bonchev–Trinajstić information content (AvgIpc) is 2.94. The van der Waals surface area contributed by atoms with E-state index in [1.54, 1.807) is 24.3 Å². The van der Waals surface area contributed by atoms with Gasteiger partial charge in [0.1, 0.15) is 0 Å². The second kappa shape index (κ2) is 7.43. The molecule has 1 amide bonds. The number of rotatable bonds is 6. The van der Waals surface area contributed by atoms with Gasteiger partial charge < -0.3 is 10.0 Å². The van der Waals surface area contributed by atoms with Crippen LogP contribution in [-0.4, -0.2) is 34.5 Å². The van der Waals surface area contributed by atoms with E-state index in [0.717, 1.165) is 32.2 Å². The number of aromatic carboxylic acids is 1. The molecule has 1 aliphatic rings. The van der Waals surface area contributed by atoms with Crippen molar-refractivity contribution in [2.75, 3.05) is 6.54 Å². The minimum Gasteiger partial charge on any atom is -0.478 e. The van der Waals surface area contributed by atoms with Crippen molar-refractivity contribution in [3.05, 3.63) is 35.4 Å². The van der Waals surface area contributed by atoms with Crippen LogP contribution in [0.15, 0.2) is 24.3 Å². The predicted molar refractivity (Wildman–Crippen MR) is 85.9 cm³/mol. The van der Waals surface area contributed by atoms with Crippen molar-refractivity contribution in [3.63, 3.8) is 0 Å². The summed E-state index contributed by atoms with van der Waals surface area (Å²) in [6.07, 6.45) is 4.47. The highest BCUT2D eigenvalue weighted by Crippen LogP contribution is 2.24. The lowest BCUT2D eigenvalue weighted by atomic mass is 10.0. The molecule has 1 N–H and O–H groups in total. The van der Waals surface area contributed by atoms with Crippen LogP contribution < -0.4 is 0 Å². The molecule has 4 heteroatoms. The third-order valence-corrected chi connectivity index (χ3v) is 4.36. The maximum absolute atomic E-state index is 12.6. The molecule has 2 rings (SSSR count). The van der Waals surface area contributed by atoms with Crippen LogP contribution in [-0.2, 0) is 11.2 Å². The van der Waals surface area contributed by atoms with Gasteiger partial charge in [0, 0.05) is 12.6 Å². The molecule has 1 fully saturated rings. The smallest absolute Gasteiger partial charge is 0.335 e. The average molecular weight is 303 g/mol. The molecule has 0 radical (unpaired) electrons. The molecule has 1 atom stereocenters. The monoisotopic (exact) mass is 303 g/mol. The first-order valence-electron chi connectivity index (χ1n) is 8.09. The van der Waals surface area contributed by atoms with Gasteiger partial charge in [0.25, 0.3) is 0 Å². The lowest BCUT2D eigenvalue weighted by Crippen LogP contribution is -2.37. The number of likely N-dealkylation sites (tertiary alicyclic amines) is 1. The number of nitrogens with zero attached hydrogens (tertiary/aromatic N) is 1. The van der Waals surface area contributed by atoms with Crippen LogP contribution in [0.25, 0.3) is 0 Å². The van der Waals surface area contributed by atoms with E-state index in [1.807, 2.05) is 4.90 Å². The standard InChI is InChI=1S/C18H25NO3/c1-13(2)9-10-15-7-5-11-19(15)17(20)12-14-6-3-4-8-16(14)18(21)22/h3-4,6,8,13,15H,5,7,9-12H2,1-2H3,(H,21,22). The second-order valence-corrected chi connectivity index (χ2v) is 6.49. The van der Waals surface area contributed by atoms with E-state index in [1.165, 1.54) is 0 Å². The minimum absolute atomic E-state index is 0.0555. The molecule has 1 saturated heterocycles. The third-order valence-electron chi connectivity index (χ3n) is 4.36. The van der Waals surface area contributed by atoms with Crippen molar-refractivity contribution in [1.29, 1.82) is 0 Å². The molecule has 1 aliphatic heterocycles. The summed E-state index contributed by atoms with van der Waals surface area (Å²) in [5, 5.41) is 9.22. The number of hydrogen-bond donors (Lipinski definition) is 1. The molecule has 0 aliphatic carbocycles. The summed E-state index contributed by atoms with van der Waals surface area (Å²) < 4.78 is 0. The normalized spacial score (nSPS) is 18.0. The zero-order valence-electron chi connectivity index (χ0n) is 13.4. The number of carbonyl (C=O) groups excluding carboxylic acids is 1. The highest BCUT2D eigenvalue weighted by atomic mass is 16.4. The molecular weight excluding hydrogens is 278 g/mol. The molecule has 1 aromatic rings. The van der Waals surface area contributed by atoms with Crippen LogP contribution in [0.1, 0.15) is 55.5 Å². The fraction of sp³-hybridized carbons (Fsp3) is 0.556. The molecule has 0 saturated carbocycles. The van der Waals surface area contributed by atoms with Gasteiger partial charge in [-0.15, -0.1) is 0 Å². The fourth-order valence-corrected chi connectivity index (χ4v) is 3.14. The lowest BCUT2D eigenvalue weighted by Gasteiger charge is -2.25. The first-order valence-corrected chi connectivity index (χ1v) is 8.09. The van der Waals surface area contributed by atoms with Gasteiger partial charge in [-0.25, -0.2) is 4.79 Å². The van der Waals surface area contributed by atoms with E-state index in [0.29, 0.717) is 17.5 Å². The number of benzene rings is 1. The summed E-state index contributed by atoms with van der Waals surface area (Å²) in [5.41, 5.74) is 0.836. The first-order chi connectivity index (χ1) is 10.5. The van der Waals surface area contributed by atoms with Crippen LogP contribution in [0.2, 0.25) is 0 Å². The van der Waals surface area contributed by atoms with E-state index in [2.05, 4.69) is 13.8 Å². The third kappa shape index (κ3) is 4.09. The van der Waals surface area contributed by atoms with E-state index < -0.39 is 5.97 Å². The number of hydrogen-bond acceptors (Lipinski definition) is 2. The predicted octanol–water partition coefficient (Wildman–Crippen LogP) is 3.35. The summed E-state index contributed by atoms with van der Waals surface area (Å²) in [6.45, 7) is 5.20. The molecule has 4 nitrogen and oxygen atoms in total. The largest absolute Gasteiger partial charge is 0.478 e. The second-order valence-electron chi connectivity index (χ2n) is 6.49. The molecule has 0 aromatic heterocycles. The maximum Gasteiger partial charge on any atom is 0.335 e. The molecular formula is C18H25NO3. The van der Waals surface area contributed by atoms with Gasteiger partial charge in [-0.2, -0.15) is 0 Å². The Bertz CT molecular complexity index is 539. The van der Waals surface area contributed by atoms with Crippen molar-refractivity contribution in [1.82, 2.24) is 4.90 Å². The van der Waals surface area contributed by atoms with E-state index in [-0.39, 0.29) is 17.9 Å². The molecule has 120 valence electrons. The zero-order chi connectivity index (χ0) is 16.1. The quantitative estimate of drug-likeness (QED) is 0.876. The molecule has 0 bridgehead atoms. The van der Waals surface area contributed by atoms with Crippen LogP contribution >= 0.6 is 0 Å². The number of carbonyl (C=O) groups is 2. The summed E-state index contributed by atoms with van der Waals surface area (Å²) in [5.74, 6) is -0.272. The summed E-state index contributed by atoms with van der Waals surface area (Å²) >= 11 is 0. The van der Waals surface area contributed by atoms with Gasteiger partial charge in [0.2, 0.25) is 5.91 Å². The van der Waals surface area contributed by atoms with Gasteiger partial charge in [-0.3, -0.25) is 4.79 Å². The number of carboxylic acid groups (broad SMARTS) is 1. The Morgan fingerprint density at radius 2 is 2.05 bits per heavy atom. The van der Waals surface area contributed by atoms with Crippen molar-refractivity contribution >= 4 is 11.9 Å². The molecule has 1 heterocycles. The van der Waals surface area contributed by atoms with Crippen molar-refractivity contribution in [2.24, 2.45) is 5.92 Å². The Hall–Kier alpha value is -1.84. The van der Waals surface area contributed by atoms with Crippen molar-refractivity contribution in [2.45, 2.75) is 52.0 Å². The highest BCUT2D eigenvalue weighted by molar-refractivity contribution is 5.91. The van der Waals surface area contributed by atoms with Gasteiger partial charge >= 0.3 is 5.97 Å². The van der Waals surface area contributed by atoms with Crippen molar-refractivity contribution in [3.8, 4) is 0 Å². The van der Waals surface area contributed by atoms with Crippen LogP contribution in [0.3, 0.4) is 0 Å². The summed E-state index contributed by atoms with van der Waals surface area (Å²) in [6, 6.07) is 7.10. The molecule has 1 unspecified atom stereocenters. The van der Waals surface area contributed by atoms with Gasteiger partial charge in [-0.1, -0.05) is 32.0 Å². The van der Waals surface area contributed by atoms with E-state index in [9.17, 15) is 14.7 Å². The van der Waals surface area contributed by atoms with E-state index in [4.69, 9.17) is 0 Å². The molecule has 0 spiro atoms. The zero-order valence-corrected chi connectivity index (χ0v) is 13.4. The Labute approximate surface area is 132 Å². The molecule has 22 heavy (non-hydrogen) atoms. The topological polar surface area (TPSA) is 57.6 Å². The maximum atomic E-state index is 12.6. The number of carboxylic acids is 1. The van der Waals surface area contributed by atoms with Crippen LogP contribution in [0.5, 0.6) is 0 Å². The number of amides is 1. The van der Waals surface area contributed by atoms with Crippen LogP contribution in [0.4, 0.5) is 0 Å². The fourth-order valence-electron chi connectivity index (χ4n) is 3.14. The summed E-state index contributed by atoms with van der Waals surface area (Å²) in [7, 11) is 0. The summed E-state index contributed by atoms with van der Waals surface area (Å²) in [4.78, 5) is 25.8. The van der Waals surface area contributed by atoms with Gasteiger partial charge in [0.15, 0.2) is 0 Å². The van der Waals surface area contributed by atoms with Gasteiger partial charge in [0.05, 0.1) is 12.0 Å². The Kier molecular flexibility index (Phi) is 5.58. The van der Waals surface area contributed by atoms with Crippen molar-refractivity contribution < 1.29 is 14.7 Å². The van der Waals surface area contributed by atoms with Crippen LogP contribution in [0, 0.1) is 5.92 Å². The minimum atomic E-state index is -0.971. The lowest BCUT2D eigenvalue weighted by molar-refractivity contribution is -0.131. The first kappa shape index (κ1) is 16.5. The Balaban J connectivity index is 2.04. The van der Waals surface area contributed by atoms with E-state index >= 15 is 0 Å². The Morgan fingerprint density at radius 3 is 2.73 bits per heavy atom. The highest BCUT2D eigenvalue weighted by Gasteiger charge is 2.28. The molecule has 1 aromatic carbocycles.